The molecule has 1 N–H and O–H groups in total. The minimum atomic E-state index is -4.32. The Bertz CT molecular complexity index is 646. The third-order valence-corrected chi connectivity index (χ3v) is 4.15. The molecule has 2 aromatic rings. The van der Waals surface area contributed by atoms with Gasteiger partial charge in [0.2, 0.25) is 0 Å². The van der Waals surface area contributed by atoms with Crippen LogP contribution in [0.15, 0.2) is 54.6 Å². The van der Waals surface area contributed by atoms with Crippen LogP contribution in [0, 0.1) is 0 Å². The second-order valence-electron chi connectivity index (χ2n) is 5.26. The van der Waals surface area contributed by atoms with Crippen LogP contribution in [0.2, 0.25) is 0 Å². The lowest BCUT2D eigenvalue weighted by Crippen LogP contribution is -2.39. The minimum absolute atomic E-state index is 0.197. The molecule has 1 aliphatic heterocycles. The highest BCUT2D eigenvalue weighted by atomic mass is 32.1. The largest absolute Gasteiger partial charge is 0.416 e. The van der Waals surface area contributed by atoms with Gasteiger partial charge in [-0.3, -0.25) is 10.3 Å². The summed E-state index contributed by atoms with van der Waals surface area (Å²) in [5.41, 5.74) is 0.952. The molecular weight excluding hydrogens is 323 g/mol. The molecule has 1 unspecified atom stereocenters. The number of hydrazine groups is 1. The number of nitrogens with one attached hydrogen (secondary N) is 1. The standard InChI is InChI=1S/C16H16F3N3S/c17-16(18,19)13-6-8-14(9-7-13)22-11-20-15(23)21(22)10-12-4-2-1-3-5-12/h1-9,15,20,23H,10-11H2. The fraction of sp³-hybridized carbons (Fsp3) is 0.250. The second-order valence-corrected chi connectivity index (χ2v) is 5.75. The Labute approximate surface area is 138 Å². The van der Waals surface area contributed by atoms with Crippen molar-refractivity contribution in [3.05, 3.63) is 65.7 Å². The summed E-state index contributed by atoms with van der Waals surface area (Å²) >= 11 is 4.49. The molecule has 0 amide bonds. The SMILES string of the molecule is FC(F)(F)c1ccc(N2CNC(S)N2Cc2ccccc2)cc1. The Hall–Kier alpha value is -1.70. The van der Waals surface area contributed by atoms with Gasteiger partial charge in [-0.2, -0.15) is 18.2 Å². The molecule has 1 fully saturated rings. The van der Waals surface area contributed by atoms with Gasteiger partial charge in [0, 0.05) is 6.54 Å². The molecule has 1 saturated heterocycles. The van der Waals surface area contributed by atoms with E-state index in [4.69, 9.17) is 0 Å². The first-order chi connectivity index (χ1) is 10.9. The lowest BCUT2D eigenvalue weighted by Gasteiger charge is -2.31. The normalized spacial score (nSPS) is 19.3. The monoisotopic (exact) mass is 339 g/mol. The van der Waals surface area contributed by atoms with Crippen LogP contribution in [0.4, 0.5) is 18.9 Å². The average Bonchev–Trinajstić information content (AvgIpc) is 2.89. The van der Waals surface area contributed by atoms with Crippen LogP contribution in [0.25, 0.3) is 0 Å². The summed E-state index contributed by atoms with van der Waals surface area (Å²) in [5.74, 6) is 0. The van der Waals surface area contributed by atoms with Crippen molar-refractivity contribution in [1.82, 2.24) is 10.3 Å². The molecule has 7 heteroatoms. The molecule has 122 valence electrons. The summed E-state index contributed by atoms with van der Waals surface area (Å²) < 4.78 is 38.0. The average molecular weight is 339 g/mol. The zero-order chi connectivity index (χ0) is 16.4. The highest BCUT2D eigenvalue weighted by molar-refractivity contribution is 7.80. The van der Waals surface area contributed by atoms with E-state index in [0.29, 0.717) is 18.9 Å². The second kappa shape index (κ2) is 6.43. The van der Waals surface area contributed by atoms with Crippen molar-refractivity contribution in [2.24, 2.45) is 0 Å². The van der Waals surface area contributed by atoms with E-state index >= 15 is 0 Å². The number of nitrogens with zero attached hydrogens (tertiary/aromatic N) is 2. The van der Waals surface area contributed by atoms with Gasteiger partial charge in [0.15, 0.2) is 0 Å². The molecule has 0 spiro atoms. The Morgan fingerprint density at radius 3 is 2.30 bits per heavy atom. The summed E-state index contributed by atoms with van der Waals surface area (Å²) in [5, 5.41) is 7.04. The van der Waals surface area contributed by atoms with E-state index < -0.39 is 11.7 Å². The van der Waals surface area contributed by atoms with Gasteiger partial charge in [-0.15, -0.1) is 12.6 Å². The fourth-order valence-corrected chi connectivity index (χ4v) is 2.79. The zero-order valence-electron chi connectivity index (χ0n) is 12.2. The quantitative estimate of drug-likeness (QED) is 0.832. The maximum Gasteiger partial charge on any atom is 0.416 e. The molecule has 1 heterocycles. The van der Waals surface area contributed by atoms with E-state index in [1.807, 2.05) is 40.3 Å². The van der Waals surface area contributed by atoms with Gasteiger partial charge in [-0.1, -0.05) is 30.3 Å². The van der Waals surface area contributed by atoms with Crippen LogP contribution in [0.5, 0.6) is 0 Å². The van der Waals surface area contributed by atoms with Gasteiger partial charge in [-0.25, -0.2) is 0 Å². The van der Waals surface area contributed by atoms with Crippen LogP contribution in [0.3, 0.4) is 0 Å². The number of hydrogen-bond acceptors (Lipinski definition) is 4. The molecule has 2 aromatic carbocycles. The lowest BCUT2D eigenvalue weighted by molar-refractivity contribution is -0.137. The molecule has 0 aromatic heterocycles. The third kappa shape index (κ3) is 3.63. The zero-order valence-corrected chi connectivity index (χ0v) is 13.1. The summed E-state index contributed by atoms with van der Waals surface area (Å²) in [6, 6.07) is 15.0. The molecule has 0 bridgehead atoms. The highest BCUT2D eigenvalue weighted by Gasteiger charge is 2.32. The van der Waals surface area contributed by atoms with E-state index in [0.717, 1.165) is 17.7 Å². The Morgan fingerprint density at radius 2 is 1.70 bits per heavy atom. The predicted molar refractivity (Wildman–Crippen MR) is 86.7 cm³/mol. The lowest BCUT2D eigenvalue weighted by atomic mass is 10.2. The van der Waals surface area contributed by atoms with Gasteiger partial charge in [0.25, 0.3) is 0 Å². The Balaban J connectivity index is 1.80. The van der Waals surface area contributed by atoms with Gasteiger partial charge in [0.1, 0.15) is 5.50 Å². The van der Waals surface area contributed by atoms with Gasteiger partial charge in [-0.05, 0) is 29.8 Å². The van der Waals surface area contributed by atoms with E-state index in [9.17, 15) is 13.2 Å². The van der Waals surface area contributed by atoms with Crippen LogP contribution < -0.4 is 10.3 Å². The fourth-order valence-electron chi connectivity index (χ4n) is 2.50. The van der Waals surface area contributed by atoms with Crippen molar-refractivity contribution in [2.45, 2.75) is 18.2 Å². The summed E-state index contributed by atoms with van der Waals surface area (Å²) in [4.78, 5) is 0. The van der Waals surface area contributed by atoms with E-state index in [1.54, 1.807) is 0 Å². The van der Waals surface area contributed by atoms with Crippen molar-refractivity contribution in [3.8, 4) is 0 Å². The molecule has 0 aliphatic carbocycles. The van der Waals surface area contributed by atoms with Crippen molar-refractivity contribution in [3.63, 3.8) is 0 Å². The van der Waals surface area contributed by atoms with Gasteiger partial charge < -0.3 is 0 Å². The van der Waals surface area contributed by atoms with Crippen LogP contribution in [-0.4, -0.2) is 17.2 Å². The first kappa shape index (κ1) is 16.2. The molecule has 3 nitrogen and oxygen atoms in total. The first-order valence-electron chi connectivity index (χ1n) is 7.12. The van der Waals surface area contributed by atoms with Crippen molar-refractivity contribution in [1.29, 1.82) is 0 Å². The van der Waals surface area contributed by atoms with Gasteiger partial charge >= 0.3 is 6.18 Å². The molecule has 1 aliphatic rings. The number of thiol groups is 1. The molecule has 1 atom stereocenters. The summed E-state index contributed by atoms with van der Waals surface area (Å²) in [6.45, 7) is 1.11. The number of benzene rings is 2. The maximum absolute atomic E-state index is 12.7. The number of halogens is 3. The van der Waals surface area contributed by atoms with Crippen LogP contribution in [-0.2, 0) is 12.7 Å². The number of alkyl halides is 3. The summed E-state index contributed by atoms with van der Waals surface area (Å²) in [7, 11) is 0. The van der Waals surface area contributed by atoms with Crippen molar-refractivity contribution >= 4 is 18.3 Å². The predicted octanol–water partition coefficient (Wildman–Crippen LogP) is 3.70. The minimum Gasteiger partial charge on any atom is -0.289 e. The van der Waals surface area contributed by atoms with E-state index in [2.05, 4.69) is 17.9 Å². The highest BCUT2D eigenvalue weighted by Crippen LogP contribution is 2.31. The topological polar surface area (TPSA) is 18.5 Å². The molecule has 23 heavy (non-hydrogen) atoms. The Morgan fingerprint density at radius 1 is 1.04 bits per heavy atom. The molecule has 0 saturated carbocycles. The number of hydrogen-bond donors (Lipinski definition) is 2. The molecule has 0 radical (unpaired) electrons. The smallest absolute Gasteiger partial charge is 0.289 e. The summed E-state index contributed by atoms with van der Waals surface area (Å²) in [6.07, 6.45) is -4.32. The third-order valence-electron chi connectivity index (χ3n) is 3.70. The van der Waals surface area contributed by atoms with Gasteiger partial charge in [0.05, 0.1) is 17.9 Å². The molecular formula is C16H16F3N3S. The molecule has 3 rings (SSSR count). The number of rotatable bonds is 3. The van der Waals surface area contributed by atoms with Crippen molar-refractivity contribution < 1.29 is 13.2 Å². The van der Waals surface area contributed by atoms with E-state index in [-0.39, 0.29) is 5.50 Å². The maximum atomic E-state index is 12.7. The van der Waals surface area contributed by atoms with Crippen LogP contribution in [0.1, 0.15) is 11.1 Å². The number of anilines is 1. The van der Waals surface area contributed by atoms with Crippen LogP contribution >= 0.6 is 12.6 Å². The Kier molecular flexibility index (Phi) is 4.52. The van der Waals surface area contributed by atoms with E-state index in [1.165, 1.54) is 12.1 Å². The first-order valence-corrected chi connectivity index (χ1v) is 7.63. The van der Waals surface area contributed by atoms with Crippen molar-refractivity contribution in [2.75, 3.05) is 11.7 Å².